The number of nitrogens with zero attached hydrogens (tertiary/aromatic N) is 6. The minimum Gasteiger partial charge on any atom is -0.378 e. The van der Waals surface area contributed by atoms with Gasteiger partial charge >= 0.3 is 0 Å². The molecule has 9 heteroatoms. The number of hydrogen-bond donors (Lipinski definition) is 1. The predicted octanol–water partition coefficient (Wildman–Crippen LogP) is 4.04. The molecule has 4 aromatic rings. The number of anilines is 2. The van der Waals surface area contributed by atoms with Gasteiger partial charge in [0.1, 0.15) is 5.82 Å². The molecule has 2 aromatic heterocycles. The fraction of sp³-hybridized carbons (Fsp3) is 0.308. The quantitative estimate of drug-likeness (QED) is 0.440. The number of aromatic nitrogens is 4. The summed E-state index contributed by atoms with van der Waals surface area (Å²) >= 11 is 6.02. The number of carbonyl (C=O) groups is 1. The summed E-state index contributed by atoms with van der Waals surface area (Å²) in [6.07, 6.45) is 1.58. The highest BCUT2D eigenvalue weighted by atomic mass is 35.5. The number of hydrogen-bond acceptors (Lipinski definition) is 6. The van der Waals surface area contributed by atoms with Gasteiger partial charge in [-0.25, -0.2) is 0 Å². The van der Waals surface area contributed by atoms with Crippen molar-refractivity contribution in [3.63, 3.8) is 0 Å². The maximum absolute atomic E-state index is 12.8. The number of halogens is 1. The summed E-state index contributed by atoms with van der Waals surface area (Å²) in [5.74, 6) is 1.66. The van der Waals surface area contributed by atoms with Gasteiger partial charge in [-0.3, -0.25) is 4.79 Å². The smallest absolute Gasteiger partial charge is 0.223 e. The number of rotatable bonds is 6. The summed E-state index contributed by atoms with van der Waals surface area (Å²) in [6.45, 7) is 2.09. The predicted molar refractivity (Wildman–Crippen MR) is 139 cm³/mol. The summed E-state index contributed by atoms with van der Waals surface area (Å²) in [5, 5.41) is 17.1. The molecule has 0 atom stereocenters. The zero-order valence-corrected chi connectivity index (χ0v) is 20.6. The van der Waals surface area contributed by atoms with Gasteiger partial charge in [0.2, 0.25) is 5.91 Å². The van der Waals surface area contributed by atoms with E-state index in [1.807, 2.05) is 50.5 Å². The summed E-state index contributed by atoms with van der Waals surface area (Å²) < 4.78 is 1.76. The number of nitrogens with one attached hydrogen (secondary N) is 1. The molecule has 0 unspecified atom stereocenters. The lowest BCUT2D eigenvalue weighted by atomic mass is 9.96. The number of fused-ring (bicyclic) bond motifs is 1. The van der Waals surface area contributed by atoms with Crippen molar-refractivity contribution in [3.8, 4) is 11.4 Å². The Bertz CT molecular complexity index is 1310. The third kappa shape index (κ3) is 5.07. The van der Waals surface area contributed by atoms with E-state index in [0.29, 0.717) is 23.0 Å². The molecular weight excluding hydrogens is 462 g/mol. The van der Waals surface area contributed by atoms with Crippen LogP contribution in [0.15, 0.2) is 60.7 Å². The Morgan fingerprint density at radius 3 is 2.40 bits per heavy atom. The Labute approximate surface area is 209 Å². The van der Waals surface area contributed by atoms with Crippen molar-refractivity contribution in [1.82, 2.24) is 25.1 Å². The fourth-order valence-corrected chi connectivity index (χ4v) is 4.47. The minimum absolute atomic E-state index is 0.00979. The maximum atomic E-state index is 12.8. The lowest BCUT2D eigenvalue weighted by Gasteiger charge is -2.32. The first-order valence-electron chi connectivity index (χ1n) is 11.8. The van der Waals surface area contributed by atoms with Crippen LogP contribution >= 0.6 is 11.6 Å². The van der Waals surface area contributed by atoms with E-state index >= 15 is 0 Å². The standard InChI is InChI=1S/C26H28ClN7O/c1-32(2)22-9-3-18(4-10-22)17-28-26(35)20-13-15-33(16-14-20)24-12-11-23-29-30-25(34(23)31-24)19-5-7-21(27)8-6-19/h3-12,20H,13-17H2,1-2H3,(H,28,35). The second-order valence-corrected chi connectivity index (χ2v) is 9.47. The molecule has 1 aliphatic rings. The second-order valence-electron chi connectivity index (χ2n) is 9.03. The van der Waals surface area contributed by atoms with Crippen molar-refractivity contribution >= 4 is 34.7 Å². The van der Waals surface area contributed by atoms with E-state index in [2.05, 4.69) is 49.6 Å². The average molecular weight is 490 g/mol. The molecule has 1 aliphatic heterocycles. The monoisotopic (exact) mass is 489 g/mol. The molecule has 1 fully saturated rings. The molecular formula is C26H28ClN7O. The fourth-order valence-electron chi connectivity index (χ4n) is 4.34. The maximum Gasteiger partial charge on any atom is 0.223 e. The highest BCUT2D eigenvalue weighted by Gasteiger charge is 2.26. The van der Waals surface area contributed by atoms with Crippen LogP contribution in [-0.4, -0.2) is 52.9 Å². The van der Waals surface area contributed by atoms with Gasteiger partial charge in [-0.05, 0) is 66.9 Å². The SMILES string of the molecule is CN(C)c1ccc(CNC(=O)C2CCN(c3ccc4nnc(-c5ccc(Cl)cc5)n4n3)CC2)cc1. The normalized spacial score (nSPS) is 14.3. The van der Waals surface area contributed by atoms with Crippen LogP contribution in [-0.2, 0) is 11.3 Å². The molecule has 0 aliphatic carbocycles. The molecule has 0 bridgehead atoms. The first-order chi connectivity index (χ1) is 17.0. The minimum atomic E-state index is 0.00979. The van der Waals surface area contributed by atoms with Crippen LogP contribution in [0, 0.1) is 5.92 Å². The first-order valence-corrected chi connectivity index (χ1v) is 12.1. The zero-order valence-electron chi connectivity index (χ0n) is 19.9. The number of amides is 1. The van der Waals surface area contributed by atoms with Gasteiger partial charge < -0.3 is 15.1 Å². The molecule has 2 aromatic carbocycles. The molecule has 0 saturated carbocycles. The summed E-state index contributed by atoms with van der Waals surface area (Å²) in [4.78, 5) is 17.0. The molecule has 35 heavy (non-hydrogen) atoms. The van der Waals surface area contributed by atoms with E-state index in [1.54, 1.807) is 4.52 Å². The highest BCUT2D eigenvalue weighted by Crippen LogP contribution is 2.25. The summed E-state index contributed by atoms with van der Waals surface area (Å²) in [7, 11) is 4.03. The third-order valence-corrected chi connectivity index (χ3v) is 6.71. The van der Waals surface area contributed by atoms with Crippen molar-refractivity contribution in [3.05, 3.63) is 71.2 Å². The van der Waals surface area contributed by atoms with E-state index in [9.17, 15) is 4.79 Å². The topological polar surface area (TPSA) is 78.7 Å². The van der Waals surface area contributed by atoms with Gasteiger partial charge in [-0.1, -0.05) is 23.7 Å². The van der Waals surface area contributed by atoms with Gasteiger partial charge in [0, 0.05) is 55.9 Å². The van der Waals surface area contributed by atoms with Crippen LogP contribution < -0.4 is 15.1 Å². The van der Waals surface area contributed by atoms with E-state index < -0.39 is 0 Å². The zero-order chi connectivity index (χ0) is 24.4. The van der Waals surface area contributed by atoms with Crippen LogP contribution in [0.4, 0.5) is 11.5 Å². The average Bonchev–Trinajstić information content (AvgIpc) is 3.31. The molecule has 180 valence electrons. The molecule has 3 heterocycles. The Balaban J connectivity index is 1.20. The van der Waals surface area contributed by atoms with Crippen molar-refractivity contribution in [1.29, 1.82) is 0 Å². The summed E-state index contributed by atoms with van der Waals surface area (Å²) in [6, 6.07) is 19.6. The molecule has 1 amide bonds. The number of benzene rings is 2. The van der Waals surface area contributed by atoms with Crippen molar-refractivity contribution in [2.24, 2.45) is 5.92 Å². The Morgan fingerprint density at radius 1 is 1.00 bits per heavy atom. The van der Waals surface area contributed by atoms with Crippen LogP contribution in [0.2, 0.25) is 5.02 Å². The van der Waals surface area contributed by atoms with Crippen molar-refractivity contribution < 1.29 is 4.79 Å². The van der Waals surface area contributed by atoms with Crippen LogP contribution in [0.5, 0.6) is 0 Å². The van der Waals surface area contributed by atoms with Gasteiger partial charge in [-0.2, -0.15) is 4.52 Å². The van der Waals surface area contributed by atoms with Gasteiger partial charge in [0.25, 0.3) is 0 Å². The Morgan fingerprint density at radius 2 is 1.71 bits per heavy atom. The van der Waals surface area contributed by atoms with Crippen LogP contribution in [0.1, 0.15) is 18.4 Å². The second kappa shape index (κ2) is 9.92. The van der Waals surface area contributed by atoms with Crippen molar-refractivity contribution in [2.45, 2.75) is 19.4 Å². The van der Waals surface area contributed by atoms with Crippen molar-refractivity contribution in [2.75, 3.05) is 37.0 Å². The molecule has 1 N–H and O–H groups in total. The van der Waals surface area contributed by atoms with E-state index in [1.165, 1.54) is 0 Å². The highest BCUT2D eigenvalue weighted by molar-refractivity contribution is 6.30. The summed E-state index contributed by atoms with van der Waals surface area (Å²) in [5.41, 5.74) is 3.83. The molecule has 1 saturated heterocycles. The third-order valence-electron chi connectivity index (χ3n) is 6.46. The molecule has 0 spiro atoms. The van der Waals surface area contributed by atoms with Gasteiger partial charge in [-0.15, -0.1) is 15.3 Å². The lowest BCUT2D eigenvalue weighted by molar-refractivity contribution is -0.125. The first kappa shape index (κ1) is 23.1. The van der Waals surface area contributed by atoms with Crippen LogP contribution in [0.3, 0.4) is 0 Å². The van der Waals surface area contributed by atoms with Crippen LogP contribution in [0.25, 0.3) is 17.0 Å². The molecule has 8 nitrogen and oxygen atoms in total. The Hall–Kier alpha value is -3.65. The van der Waals surface area contributed by atoms with E-state index in [4.69, 9.17) is 16.7 Å². The van der Waals surface area contributed by atoms with Gasteiger partial charge in [0.05, 0.1) is 0 Å². The number of carbonyl (C=O) groups excluding carboxylic acids is 1. The largest absolute Gasteiger partial charge is 0.378 e. The van der Waals surface area contributed by atoms with Gasteiger partial charge in [0.15, 0.2) is 11.5 Å². The lowest BCUT2D eigenvalue weighted by Crippen LogP contribution is -2.40. The van der Waals surface area contributed by atoms with E-state index in [-0.39, 0.29) is 11.8 Å². The number of piperidine rings is 1. The molecule has 0 radical (unpaired) electrons. The molecule has 5 rings (SSSR count). The van der Waals surface area contributed by atoms with E-state index in [0.717, 1.165) is 48.6 Å². The Kier molecular flexibility index (Phi) is 6.55.